The van der Waals surface area contributed by atoms with Gasteiger partial charge in [-0.15, -0.1) is 6.58 Å². The summed E-state index contributed by atoms with van der Waals surface area (Å²) in [7, 11) is 0. The maximum atomic E-state index is 10.2. The molecule has 0 saturated carbocycles. The van der Waals surface area contributed by atoms with Crippen LogP contribution in [0.3, 0.4) is 0 Å². The number of fused-ring (bicyclic) bond motifs is 2. The van der Waals surface area contributed by atoms with Crippen molar-refractivity contribution in [3.8, 4) is 0 Å². The molecule has 5 atom stereocenters. The Hall–Kier alpha value is -0.710. The van der Waals surface area contributed by atoms with E-state index in [1.807, 2.05) is 30.0 Å². The summed E-state index contributed by atoms with van der Waals surface area (Å²) in [6.07, 6.45) is 12.3. The van der Waals surface area contributed by atoms with Gasteiger partial charge in [0, 0.05) is 24.0 Å². The standard InChI is InChI=1S/C19H30O3S/c1-3-5-6-14(20)7-8-16-17(19-10-9-18(16)22-19)13-15(21)11-12-23-4-2/h3,7-8,11,14,16-21H,1,4-6,9-10,12-13H2,2H3/b8-7+,15-11+/t14?,16-,17+,18-,19+/m0/s1. The number of allylic oxidation sites excluding steroid dienone is 2. The minimum Gasteiger partial charge on any atom is -0.513 e. The Morgan fingerprint density at radius 2 is 2.17 bits per heavy atom. The molecule has 2 fully saturated rings. The third-order valence-electron chi connectivity index (χ3n) is 4.79. The van der Waals surface area contributed by atoms with Gasteiger partial charge in [-0.2, -0.15) is 11.8 Å². The summed E-state index contributed by atoms with van der Waals surface area (Å²) in [5.74, 6) is 3.05. The summed E-state index contributed by atoms with van der Waals surface area (Å²) >= 11 is 1.81. The van der Waals surface area contributed by atoms with Crippen LogP contribution in [0.1, 0.15) is 39.0 Å². The van der Waals surface area contributed by atoms with Gasteiger partial charge in [-0.1, -0.05) is 25.2 Å². The first-order valence-electron chi connectivity index (χ1n) is 8.74. The Bertz CT molecular complexity index is 432. The van der Waals surface area contributed by atoms with Crippen LogP contribution in [0.25, 0.3) is 0 Å². The number of aliphatic hydroxyl groups excluding tert-OH is 2. The largest absolute Gasteiger partial charge is 0.513 e. The molecule has 0 aromatic heterocycles. The van der Waals surface area contributed by atoms with E-state index < -0.39 is 6.10 Å². The maximum Gasteiger partial charge on any atom is 0.0895 e. The van der Waals surface area contributed by atoms with Crippen molar-refractivity contribution >= 4 is 11.8 Å². The van der Waals surface area contributed by atoms with E-state index in [1.54, 1.807) is 0 Å². The second-order valence-corrected chi connectivity index (χ2v) is 7.73. The molecule has 0 aliphatic carbocycles. The summed E-state index contributed by atoms with van der Waals surface area (Å²) in [6, 6.07) is 0. The summed E-state index contributed by atoms with van der Waals surface area (Å²) in [5.41, 5.74) is 0. The van der Waals surface area contributed by atoms with Crippen molar-refractivity contribution in [3.63, 3.8) is 0 Å². The topological polar surface area (TPSA) is 49.7 Å². The van der Waals surface area contributed by atoms with Gasteiger partial charge in [0.05, 0.1) is 24.1 Å². The van der Waals surface area contributed by atoms with E-state index in [4.69, 9.17) is 4.74 Å². The van der Waals surface area contributed by atoms with Gasteiger partial charge in [-0.25, -0.2) is 0 Å². The number of rotatable bonds is 10. The van der Waals surface area contributed by atoms with Crippen LogP contribution in [0.2, 0.25) is 0 Å². The summed E-state index contributed by atoms with van der Waals surface area (Å²) in [5, 5.41) is 20.2. The lowest BCUT2D eigenvalue weighted by Crippen LogP contribution is -2.26. The smallest absolute Gasteiger partial charge is 0.0895 e. The van der Waals surface area contributed by atoms with Crippen LogP contribution in [0, 0.1) is 11.8 Å². The zero-order valence-corrected chi connectivity index (χ0v) is 14.9. The molecule has 0 radical (unpaired) electrons. The number of ether oxygens (including phenoxy) is 1. The van der Waals surface area contributed by atoms with Crippen molar-refractivity contribution in [1.82, 2.24) is 0 Å². The van der Waals surface area contributed by atoms with E-state index in [0.717, 1.165) is 30.8 Å². The molecule has 0 spiro atoms. The molecule has 2 N–H and O–H groups in total. The van der Waals surface area contributed by atoms with Crippen molar-refractivity contribution < 1.29 is 14.9 Å². The molecule has 2 aliphatic rings. The van der Waals surface area contributed by atoms with E-state index in [-0.39, 0.29) is 12.2 Å². The molecule has 1 unspecified atom stereocenters. The highest BCUT2D eigenvalue weighted by Crippen LogP contribution is 2.46. The molecule has 23 heavy (non-hydrogen) atoms. The molecule has 4 heteroatoms. The van der Waals surface area contributed by atoms with Crippen LogP contribution in [0.15, 0.2) is 36.6 Å². The van der Waals surface area contributed by atoms with E-state index in [1.165, 1.54) is 0 Å². The molecule has 2 saturated heterocycles. The quantitative estimate of drug-likeness (QED) is 0.355. The third kappa shape index (κ3) is 5.40. The minimum absolute atomic E-state index is 0.255. The van der Waals surface area contributed by atoms with Gasteiger partial charge in [-0.05, 0) is 37.5 Å². The van der Waals surface area contributed by atoms with Crippen LogP contribution in [0.5, 0.6) is 0 Å². The van der Waals surface area contributed by atoms with Crippen molar-refractivity contribution in [2.75, 3.05) is 11.5 Å². The Morgan fingerprint density at radius 3 is 2.91 bits per heavy atom. The lowest BCUT2D eigenvalue weighted by atomic mass is 9.77. The first-order valence-corrected chi connectivity index (χ1v) is 9.89. The molecule has 2 heterocycles. The molecular weight excluding hydrogens is 308 g/mol. The van der Waals surface area contributed by atoms with Gasteiger partial charge < -0.3 is 14.9 Å². The average Bonchev–Trinajstić information content (AvgIpc) is 3.13. The predicted molar refractivity (Wildman–Crippen MR) is 97.8 cm³/mol. The Balaban J connectivity index is 1.92. The van der Waals surface area contributed by atoms with E-state index in [9.17, 15) is 10.2 Å². The Labute approximate surface area is 144 Å². The summed E-state index contributed by atoms with van der Waals surface area (Å²) in [6.45, 7) is 5.81. The van der Waals surface area contributed by atoms with Gasteiger partial charge >= 0.3 is 0 Å². The summed E-state index contributed by atoms with van der Waals surface area (Å²) < 4.78 is 6.04. The lowest BCUT2D eigenvalue weighted by molar-refractivity contribution is 0.0884. The molecule has 3 nitrogen and oxygen atoms in total. The second-order valence-electron chi connectivity index (χ2n) is 6.41. The van der Waals surface area contributed by atoms with Gasteiger partial charge in [0.15, 0.2) is 0 Å². The van der Waals surface area contributed by atoms with Crippen LogP contribution < -0.4 is 0 Å². The molecule has 2 bridgehead atoms. The molecule has 0 aromatic rings. The number of thioether (sulfide) groups is 1. The SMILES string of the molecule is C=CCCC(O)/C=C/[C@H]1[C@@H](C/C(O)=C\CSCC)[C@H]2CC[C@@H]1O2. The Morgan fingerprint density at radius 1 is 1.39 bits per heavy atom. The van der Waals surface area contributed by atoms with Gasteiger partial charge in [0.25, 0.3) is 0 Å². The number of hydrogen-bond donors (Lipinski definition) is 2. The zero-order chi connectivity index (χ0) is 16.7. The highest BCUT2D eigenvalue weighted by molar-refractivity contribution is 7.99. The third-order valence-corrected chi connectivity index (χ3v) is 5.60. The highest BCUT2D eigenvalue weighted by Gasteiger charge is 2.47. The van der Waals surface area contributed by atoms with Crippen LogP contribution in [-0.4, -0.2) is 40.0 Å². The van der Waals surface area contributed by atoms with Crippen molar-refractivity contribution in [1.29, 1.82) is 0 Å². The fourth-order valence-electron chi connectivity index (χ4n) is 3.58. The molecule has 2 rings (SSSR count). The van der Waals surface area contributed by atoms with Gasteiger partial charge in [0.2, 0.25) is 0 Å². The predicted octanol–water partition coefficient (Wildman–Crippen LogP) is 4.25. The second kappa shape index (κ2) is 9.55. The molecule has 2 aliphatic heterocycles. The monoisotopic (exact) mass is 338 g/mol. The van der Waals surface area contributed by atoms with Crippen LogP contribution >= 0.6 is 11.8 Å². The van der Waals surface area contributed by atoms with Crippen molar-refractivity contribution in [2.45, 2.75) is 57.3 Å². The maximum absolute atomic E-state index is 10.2. The first kappa shape index (κ1) is 18.6. The van der Waals surface area contributed by atoms with Crippen LogP contribution in [-0.2, 0) is 4.74 Å². The highest BCUT2D eigenvalue weighted by atomic mass is 32.2. The lowest BCUT2D eigenvalue weighted by Gasteiger charge is -2.25. The average molecular weight is 339 g/mol. The van der Waals surface area contributed by atoms with Crippen LogP contribution in [0.4, 0.5) is 0 Å². The molecular formula is C19H30O3S. The summed E-state index contributed by atoms with van der Waals surface area (Å²) in [4.78, 5) is 0. The fraction of sp³-hybridized carbons (Fsp3) is 0.684. The molecule has 130 valence electrons. The van der Waals surface area contributed by atoms with Crippen molar-refractivity contribution in [3.05, 3.63) is 36.6 Å². The van der Waals surface area contributed by atoms with Crippen molar-refractivity contribution in [2.24, 2.45) is 11.8 Å². The zero-order valence-electron chi connectivity index (χ0n) is 14.1. The number of aliphatic hydroxyl groups is 2. The minimum atomic E-state index is -0.419. The normalized spacial score (nSPS) is 31.8. The first-order chi connectivity index (χ1) is 11.2. The van der Waals surface area contributed by atoms with E-state index >= 15 is 0 Å². The van der Waals surface area contributed by atoms with E-state index in [2.05, 4.69) is 19.6 Å². The van der Waals surface area contributed by atoms with E-state index in [0.29, 0.717) is 30.4 Å². The number of hydrogen-bond acceptors (Lipinski definition) is 4. The Kier molecular flexibility index (Phi) is 7.74. The molecule has 0 amide bonds. The van der Waals surface area contributed by atoms with Gasteiger partial charge in [0.1, 0.15) is 0 Å². The van der Waals surface area contributed by atoms with Gasteiger partial charge in [-0.3, -0.25) is 0 Å². The molecule has 0 aromatic carbocycles. The fourth-order valence-corrected chi connectivity index (χ4v) is 4.13.